The molecule has 0 unspecified atom stereocenters. The highest BCUT2D eigenvalue weighted by Gasteiger charge is 1.93. The van der Waals surface area contributed by atoms with E-state index in [9.17, 15) is 0 Å². The van der Waals surface area contributed by atoms with Crippen LogP contribution in [0.4, 0.5) is 0 Å². The van der Waals surface area contributed by atoms with Crippen molar-refractivity contribution in [3.05, 3.63) is 54.7 Å². The summed E-state index contributed by atoms with van der Waals surface area (Å²) in [6.07, 6.45) is 1.81. The third-order valence-electron chi connectivity index (χ3n) is 1.73. The Morgan fingerprint density at radius 3 is 2.08 bits per heavy atom. The van der Waals surface area contributed by atoms with Gasteiger partial charge in [0.2, 0.25) is 0 Å². The van der Waals surface area contributed by atoms with Crippen molar-refractivity contribution in [3.8, 4) is 11.3 Å². The molecule has 1 aromatic carbocycles. The summed E-state index contributed by atoms with van der Waals surface area (Å²) in [7, 11) is 0. The lowest BCUT2D eigenvalue weighted by Crippen LogP contribution is -1.79. The van der Waals surface area contributed by atoms with Crippen LogP contribution in [-0.2, 0) is 0 Å². The van der Waals surface area contributed by atoms with Crippen molar-refractivity contribution in [2.45, 2.75) is 0 Å². The zero-order chi connectivity index (χ0) is 8.23. The summed E-state index contributed by atoms with van der Waals surface area (Å²) in [5.74, 6) is 0. The average Bonchev–Trinajstić information content (AvgIpc) is 2.21. The van der Waals surface area contributed by atoms with E-state index in [2.05, 4.69) is 17.1 Å². The Labute approximate surface area is 80.0 Å². The normalized spacial score (nSPS) is 8.92. The lowest BCUT2D eigenvalue weighted by atomic mass is 10.1. The molecule has 0 bridgehead atoms. The van der Waals surface area contributed by atoms with Crippen LogP contribution in [0.25, 0.3) is 11.3 Å². The first-order valence-corrected chi connectivity index (χ1v) is 3.93. The highest BCUT2D eigenvalue weighted by Crippen LogP contribution is 2.14. The van der Waals surface area contributed by atoms with E-state index in [4.69, 9.17) is 0 Å². The summed E-state index contributed by atoms with van der Waals surface area (Å²) in [5, 5.41) is 0. The fourth-order valence-electron chi connectivity index (χ4n) is 1.14. The molecule has 0 saturated carbocycles. The second kappa shape index (κ2) is 4.46. The number of aromatic nitrogens is 1. The Kier molecular flexibility index (Phi) is 3.27. The van der Waals surface area contributed by atoms with E-state index < -0.39 is 0 Å². The molecule has 0 aliphatic rings. The summed E-state index contributed by atoms with van der Waals surface area (Å²) < 4.78 is 0. The van der Waals surface area contributed by atoms with E-state index >= 15 is 0 Å². The second-order valence-corrected chi connectivity index (χ2v) is 2.58. The highest BCUT2D eigenvalue weighted by molar-refractivity contribution is 5.75. The van der Waals surface area contributed by atoms with Gasteiger partial charge in [-0.25, -0.2) is 0 Å². The van der Waals surface area contributed by atoms with Gasteiger partial charge in [0.05, 0.1) is 14.1 Å². The molecule has 0 amide bonds. The van der Waals surface area contributed by atoms with Crippen LogP contribution >= 0.6 is 0 Å². The van der Waals surface area contributed by atoms with Gasteiger partial charge < -0.3 is 0 Å². The van der Waals surface area contributed by atoms with Gasteiger partial charge in [0.25, 0.3) is 0 Å². The molecule has 0 spiro atoms. The lowest BCUT2D eigenvalue weighted by Gasteiger charge is -1.97. The molecule has 0 fully saturated rings. The van der Waals surface area contributed by atoms with Gasteiger partial charge in [-0.1, -0.05) is 36.4 Å². The number of hydrogen-bond acceptors (Lipinski definition) is 1. The Balaban J connectivity index is 0.000000845. The van der Waals surface area contributed by atoms with Crippen LogP contribution in [0.15, 0.2) is 54.7 Å². The molecular weight excluding hydrogens is 157 g/mol. The van der Waals surface area contributed by atoms with Crippen molar-refractivity contribution >= 4 is 8.41 Å². The molecule has 1 nitrogen and oxygen atoms in total. The SMILES string of the molecule is B.c1ccc(-c2ccccn2)cc1. The molecule has 2 heteroatoms. The minimum Gasteiger partial charge on any atom is -0.256 e. The molecule has 0 aliphatic heterocycles. The summed E-state index contributed by atoms with van der Waals surface area (Å²) >= 11 is 0. The number of rotatable bonds is 1. The Morgan fingerprint density at radius 2 is 1.46 bits per heavy atom. The molecule has 0 aliphatic carbocycles. The molecule has 0 radical (unpaired) electrons. The molecular formula is C11H12BN. The van der Waals surface area contributed by atoms with Gasteiger partial charge in [0.15, 0.2) is 0 Å². The molecule has 13 heavy (non-hydrogen) atoms. The van der Waals surface area contributed by atoms with E-state index in [0.29, 0.717) is 0 Å². The predicted molar refractivity (Wildman–Crippen MR) is 59.6 cm³/mol. The number of hydrogen-bond donors (Lipinski definition) is 0. The Bertz CT molecular complexity index is 307. The van der Waals surface area contributed by atoms with Crippen LogP contribution in [0.3, 0.4) is 0 Å². The molecule has 2 aromatic rings. The van der Waals surface area contributed by atoms with Crippen molar-refractivity contribution < 1.29 is 0 Å². The van der Waals surface area contributed by atoms with Crippen LogP contribution in [-0.4, -0.2) is 13.4 Å². The number of pyridine rings is 1. The first-order chi connectivity index (χ1) is 5.97. The largest absolute Gasteiger partial charge is 0.256 e. The van der Waals surface area contributed by atoms with E-state index in [0.717, 1.165) is 11.3 Å². The molecule has 0 atom stereocenters. The maximum atomic E-state index is 4.25. The van der Waals surface area contributed by atoms with Gasteiger partial charge in [0, 0.05) is 11.8 Å². The monoisotopic (exact) mass is 169 g/mol. The third-order valence-corrected chi connectivity index (χ3v) is 1.73. The Hall–Kier alpha value is -1.57. The first kappa shape index (κ1) is 9.52. The zero-order valence-corrected chi connectivity index (χ0v) is 6.64. The molecule has 1 aromatic heterocycles. The van der Waals surface area contributed by atoms with Crippen LogP contribution in [0.2, 0.25) is 0 Å². The van der Waals surface area contributed by atoms with E-state index in [1.165, 1.54) is 0 Å². The standard InChI is InChI=1S/C11H9N.BH3/c1-2-6-10(7-3-1)11-8-4-5-9-12-11;/h1-9H;1H3. The van der Waals surface area contributed by atoms with Gasteiger partial charge in [-0.15, -0.1) is 0 Å². The van der Waals surface area contributed by atoms with Crippen molar-refractivity contribution in [1.82, 2.24) is 4.98 Å². The zero-order valence-electron chi connectivity index (χ0n) is 6.64. The topological polar surface area (TPSA) is 12.9 Å². The van der Waals surface area contributed by atoms with E-state index in [-0.39, 0.29) is 8.41 Å². The number of benzene rings is 1. The first-order valence-electron chi connectivity index (χ1n) is 3.93. The summed E-state index contributed by atoms with van der Waals surface area (Å²) in [6.45, 7) is 0. The van der Waals surface area contributed by atoms with Crippen LogP contribution < -0.4 is 0 Å². The van der Waals surface area contributed by atoms with Gasteiger partial charge in [-0.3, -0.25) is 4.98 Å². The van der Waals surface area contributed by atoms with Crippen molar-refractivity contribution in [2.75, 3.05) is 0 Å². The fraction of sp³-hybridized carbons (Fsp3) is 0. The minimum atomic E-state index is 0. The second-order valence-electron chi connectivity index (χ2n) is 2.58. The minimum absolute atomic E-state index is 0. The van der Waals surface area contributed by atoms with Crippen LogP contribution in [0.5, 0.6) is 0 Å². The smallest absolute Gasteiger partial charge is 0.0814 e. The van der Waals surface area contributed by atoms with Gasteiger partial charge in [-0.05, 0) is 12.1 Å². The summed E-state index contributed by atoms with van der Waals surface area (Å²) in [5.41, 5.74) is 2.19. The van der Waals surface area contributed by atoms with Gasteiger partial charge in [0.1, 0.15) is 0 Å². The highest BCUT2D eigenvalue weighted by atomic mass is 14.7. The quantitative estimate of drug-likeness (QED) is 0.590. The van der Waals surface area contributed by atoms with E-state index in [1.54, 1.807) is 0 Å². The van der Waals surface area contributed by atoms with Crippen LogP contribution in [0.1, 0.15) is 0 Å². The average molecular weight is 169 g/mol. The lowest BCUT2D eigenvalue weighted by molar-refractivity contribution is 1.33. The van der Waals surface area contributed by atoms with Crippen molar-refractivity contribution in [2.24, 2.45) is 0 Å². The molecule has 64 valence electrons. The van der Waals surface area contributed by atoms with Gasteiger partial charge >= 0.3 is 0 Å². The maximum Gasteiger partial charge on any atom is 0.0814 e. The van der Waals surface area contributed by atoms with Crippen molar-refractivity contribution in [3.63, 3.8) is 0 Å². The van der Waals surface area contributed by atoms with Crippen molar-refractivity contribution in [1.29, 1.82) is 0 Å². The number of nitrogens with zero attached hydrogens (tertiary/aromatic N) is 1. The summed E-state index contributed by atoms with van der Waals surface area (Å²) in [6, 6.07) is 16.1. The van der Waals surface area contributed by atoms with Gasteiger partial charge in [-0.2, -0.15) is 0 Å². The molecule has 0 N–H and O–H groups in total. The summed E-state index contributed by atoms with van der Waals surface area (Å²) in [4.78, 5) is 4.25. The van der Waals surface area contributed by atoms with Crippen LogP contribution in [0, 0.1) is 0 Å². The van der Waals surface area contributed by atoms with E-state index in [1.807, 2.05) is 42.6 Å². The fourth-order valence-corrected chi connectivity index (χ4v) is 1.14. The maximum absolute atomic E-state index is 4.25. The molecule has 1 heterocycles. The molecule has 2 rings (SSSR count). The predicted octanol–water partition coefficient (Wildman–Crippen LogP) is 1.56. The molecule has 0 saturated heterocycles. The Morgan fingerprint density at radius 1 is 0.769 bits per heavy atom. The third kappa shape index (κ3) is 2.18.